The predicted molar refractivity (Wildman–Crippen MR) is 95.6 cm³/mol. The lowest BCUT2D eigenvalue weighted by molar-refractivity contribution is -0.870. The van der Waals surface area contributed by atoms with E-state index in [1.165, 1.54) is 6.07 Å². The number of ketones is 1. The topological polar surface area (TPSA) is 46.5 Å². The summed E-state index contributed by atoms with van der Waals surface area (Å²) in [5.41, 5.74) is 0.848. The first-order chi connectivity index (χ1) is 11.4. The Morgan fingerprint density at radius 2 is 1.75 bits per heavy atom. The highest BCUT2D eigenvalue weighted by Gasteiger charge is 2.14. The molecule has 2 aromatic carbocycles. The third-order valence-corrected chi connectivity index (χ3v) is 3.74. The van der Waals surface area contributed by atoms with E-state index in [1.54, 1.807) is 36.4 Å². The molecule has 0 atom stereocenters. The van der Waals surface area contributed by atoms with Gasteiger partial charge in [-0.15, -0.1) is 0 Å². The number of phenolic OH excluding ortho intramolecular Hbond substituents is 1. The Morgan fingerprint density at radius 1 is 1.04 bits per heavy atom. The summed E-state index contributed by atoms with van der Waals surface area (Å²) in [6, 6.07) is 13.8. The number of benzene rings is 2. The Bertz CT molecular complexity index is 675. The number of phenols is 1. The first-order valence-electron chi connectivity index (χ1n) is 8.23. The highest BCUT2D eigenvalue weighted by molar-refractivity contribution is 6.10. The summed E-state index contributed by atoms with van der Waals surface area (Å²) >= 11 is 0. The summed E-state index contributed by atoms with van der Waals surface area (Å²) in [6.45, 7) is 1.70. The van der Waals surface area contributed by atoms with Crippen LogP contribution in [0.2, 0.25) is 0 Å². The van der Waals surface area contributed by atoms with Crippen molar-refractivity contribution in [3.8, 4) is 11.5 Å². The van der Waals surface area contributed by atoms with Gasteiger partial charge >= 0.3 is 0 Å². The van der Waals surface area contributed by atoms with Crippen LogP contribution in [0.4, 0.5) is 0 Å². The van der Waals surface area contributed by atoms with Crippen molar-refractivity contribution in [3.05, 3.63) is 59.7 Å². The van der Waals surface area contributed by atoms with Gasteiger partial charge in [0.1, 0.15) is 11.5 Å². The molecule has 4 heteroatoms. The molecule has 0 aliphatic heterocycles. The van der Waals surface area contributed by atoms with Crippen LogP contribution in [-0.2, 0) is 0 Å². The average molecular weight is 328 g/mol. The molecule has 4 nitrogen and oxygen atoms in total. The van der Waals surface area contributed by atoms with Crippen molar-refractivity contribution in [1.82, 2.24) is 0 Å². The highest BCUT2D eigenvalue weighted by atomic mass is 16.5. The Labute approximate surface area is 143 Å². The van der Waals surface area contributed by atoms with E-state index in [9.17, 15) is 9.90 Å². The summed E-state index contributed by atoms with van der Waals surface area (Å²) in [5, 5.41) is 10.1. The van der Waals surface area contributed by atoms with Crippen molar-refractivity contribution in [2.75, 3.05) is 34.3 Å². The molecule has 0 radical (unpaired) electrons. The zero-order chi connectivity index (χ0) is 17.6. The molecular weight excluding hydrogens is 302 g/mol. The van der Waals surface area contributed by atoms with Gasteiger partial charge in [-0.05, 0) is 25.0 Å². The van der Waals surface area contributed by atoms with Gasteiger partial charge in [0.2, 0.25) is 0 Å². The fraction of sp³-hybridized carbons (Fsp3) is 0.350. The standard InChI is InChI=1S/C20H25NO3/c1-21(2,3)13-7-8-14-24-17-11-12-18(19(22)15-17)20(23)16-9-5-4-6-10-16/h4-6,9-12,15H,7-8,13-14H2,1-3H3/p+1. The van der Waals surface area contributed by atoms with Crippen LogP contribution >= 0.6 is 0 Å². The first kappa shape index (κ1) is 18.0. The summed E-state index contributed by atoms with van der Waals surface area (Å²) in [6.07, 6.45) is 2.04. The lowest BCUT2D eigenvalue weighted by Gasteiger charge is -2.23. The molecule has 0 heterocycles. The fourth-order valence-corrected chi connectivity index (χ4v) is 2.42. The van der Waals surface area contributed by atoms with E-state index in [1.807, 2.05) is 6.07 Å². The van der Waals surface area contributed by atoms with E-state index < -0.39 is 0 Å². The van der Waals surface area contributed by atoms with Gasteiger partial charge in [0.15, 0.2) is 5.78 Å². The molecule has 0 saturated carbocycles. The lowest BCUT2D eigenvalue weighted by atomic mass is 10.0. The Kier molecular flexibility index (Phi) is 5.99. The van der Waals surface area contributed by atoms with Crippen LogP contribution in [0, 0.1) is 0 Å². The largest absolute Gasteiger partial charge is 0.507 e. The molecule has 24 heavy (non-hydrogen) atoms. The van der Waals surface area contributed by atoms with Crippen LogP contribution in [0.1, 0.15) is 28.8 Å². The number of nitrogens with zero attached hydrogens (tertiary/aromatic N) is 1. The molecule has 0 unspecified atom stereocenters. The number of quaternary nitrogens is 1. The second-order valence-electron chi connectivity index (χ2n) is 6.94. The quantitative estimate of drug-likeness (QED) is 0.458. The van der Waals surface area contributed by atoms with Gasteiger partial charge < -0.3 is 14.3 Å². The summed E-state index contributed by atoms with van der Waals surface area (Å²) < 4.78 is 6.61. The number of hydrogen-bond acceptors (Lipinski definition) is 3. The van der Waals surface area contributed by atoms with E-state index in [0.29, 0.717) is 23.5 Å². The number of ether oxygens (including phenoxy) is 1. The van der Waals surface area contributed by atoms with Crippen molar-refractivity contribution in [2.24, 2.45) is 0 Å². The average Bonchev–Trinajstić information content (AvgIpc) is 2.54. The van der Waals surface area contributed by atoms with Crippen molar-refractivity contribution in [3.63, 3.8) is 0 Å². The Morgan fingerprint density at radius 3 is 2.38 bits per heavy atom. The van der Waals surface area contributed by atoms with E-state index >= 15 is 0 Å². The zero-order valence-electron chi connectivity index (χ0n) is 14.7. The van der Waals surface area contributed by atoms with Crippen LogP contribution in [0.3, 0.4) is 0 Å². The van der Waals surface area contributed by atoms with Crippen LogP contribution in [0.25, 0.3) is 0 Å². The van der Waals surface area contributed by atoms with Crippen LogP contribution in [-0.4, -0.2) is 49.7 Å². The van der Waals surface area contributed by atoms with Crippen LogP contribution < -0.4 is 4.74 Å². The van der Waals surface area contributed by atoms with Crippen LogP contribution in [0.15, 0.2) is 48.5 Å². The van der Waals surface area contributed by atoms with Gasteiger partial charge in [0, 0.05) is 11.6 Å². The highest BCUT2D eigenvalue weighted by Crippen LogP contribution is 2.26. The van der Waals surface area contributed by atoms with Gasteiger partial charge in [0.05, 0.1) is 39.9 Å². The van der Waals surface area contributed by atoms with Gasteiger partial charge in [0.25, 0.3) is 0 Å². The van der Waals surface area contributed by atoms with E-state index in [4.69, 9.17) is 4.74 Å². The Hall–Kier alpha value is -2.33. The number of rotatable bonds is 8. The molecule has 0 saturated heterocycles. The van der Waals surface area contributed by atoms with E-state index in [0.717, 1.165) is 23.9 Å². The third-order valence-electron chi connectivity index (χ3n) is 3.74. The molecular formula is C20H26NO3+. The Balaban J connectivity index is 1.91. The van der Waals surface area contributed by atoms with Crippen molar-refractivity contribution < 1.29 is 19.1 Å². The van der Waals surface area contributed by atoms with Gasteiger partial charge in [-0.2, -0.15) is 0 Å². The van der Waals surface area contributed by atoms with Gasteiger partial charge in [-0.1, -0.05) is 30.3 Å². The molecule has 2 rings (SSSR count). The number of carbonyl (C=O) groups is 1. The number of aromatic hydroxyl groups is 1. The fourth-order valence-electron chi connectivity index (χ4n) is 2.42. The van der Waals surface area contributed by atoms with Gasteiger partial charge in [-0.3, -0.25) is 4.79 Å². The lowest BCUT2D eigenvalue weighted by Crippen LogP contribution is -2.35. The molecule has 0 aliphatic rings. The molecule has 128 valence electrons. The summed E-state index contributed by atoms with van der Waals surface area (Å²) in [5.74, 6) is 0.345. The normalized spacial score (nSPS) is 11.3. The molecule has 0 fully saturated rings. The number of unbranched alkanes of at least 4 members (excludes halogenated alkanes) is 1. The van der Waals surface area contributed by atoms with Crippen molar-refractivity contribution in [2.45, 2.75) is 12.8 Å². The maximum atomic E-state index is 12.4. The summed E-state index contributed by atoms with van der Waals surface area (Å²) in [4.78, 5) is 12.4. The molecule has 0 aromatic heterocycles. The molecule has 0 spiro atoms. The predicted octanol–water partition coefficient (Wildman–Crippen LogP) is 3.49. The second-order valence-corrected chi connectivity index (χ2v) is 6.94. The molecule has 0 aliphatic carbocycles. The molecule has 0 bridgehead atoms. The first-order valence-corrected chi connectivity index (χ1v) is 8.23. The second kappa shape index (κ2) is 7.97. The monoisotopic (exact) mass is 328 g/mol. The van der Waals surface area contributed by atoms with E-state index in [2.05, 4.69) is 21.1 Å². The summed E-state index contributed by atoms with van der Waals surface area (Å²) in [7, 11) is 6.50. The number of carbonyl (C=O) groups excluding carboxylic acids is 1. The third kappa shape index (κ3) is 5.39. The maximum absolute atomic E-state index is 12.4. The van der Waals surface area contributed by atoms with Crippen molar-refractivity contribution in [1.29, 1.82) is 0 Å². The minimum Gasteiger partial charge on any atom is -0.507 e. The SMILES string of the molecule is C[N+](C)(C)CCCCOc1ccc(C(=O)c2ccccc2)c(O)c1. The minimum absolute atomic E-state index is 0.0484. The molecule has 2 aromatic rings. The van der Waals surface area contributed by atoms with E-state index in [-0.39, 0.29) is 11.5 Å². The van der Waals surface area contributed by atoms with Crippen molar-refractivity contribution >= 4 is 5.78 Å². The maximum Gasteiger partial charge on any atom is 0.196 e. The molecule has 0 amide bonds. The van der Waals surface area contributed by atoms with Crippen LogP contribution in [0.5, 0.6) is 11.5 Å². The zero-order valence-corrected chi connectivity index (χ0v) is 14.7. The molecule has 1 N–H and O–H groups in total. The smallest absolute Gasteiger partial charge is 0.196 e. The minimum atomic E-state index is -0.192. The van der Waals surface area contributed by atoms with Gasteiger partial charge in [-0.25, -0.2) is 0 Å². The number of hydrogen-bond donors (Lipinski definition) is 1.